The maximum atomic E-state index is 9.57. The topological polar surface area (TPSA) is 174 Å². The van der Waals surface area contributed by atoms with Crippen LogP contribution >= 0.6 is 0 Å². The van der Waals surface area contributed by atoms with Crippen LogP contribution in [0.2, 0.25) is 0 Å². The van der Waals surface area contributed by atoms with Crippen molar-refractivity contribution in [3.05, 3.63) is 23.1 Å². The molecule has 4 atom stereocenters. The first-order valence-corrected chi connectivity index (χ1v) is 7.53. The molecule has 0 aromatic carbocycles. The predicted molar refractivity (Wildman–Crippen MR) is 85.5 cm³/mol. The molecule has 0 amide bonds. The average molecular weight is 333 g/mol. The minimum atomic E-state index is -0.935. The highest BCUT2D eigenvalue weighted by Crippen LogP contribution is 2.41. The molecule has 128 valence electrons. The predicted octanol–water partition coefficient (Wildman–Crippen LogP) is 0.259. The summed E-state index contributed by atoms with van der Waals surface area (Å²) in [5.41, 5.74) is 20.6. The quantitative estimate of drug-likeness (QED) is 0.399. The van der Waals surface area contributed by atoms with Gasteiger partial charge in [-0.15, -0.1) is 0 Å². The van der Waals surface area contributed by atoms with Crippen molar-refractivity contribution in [3.8, 4) is 0 Å². The number of aromatic nitrogens is 4. The molecule has 2 aromatic heterocycles. The van der Waals surface area contributed by atoms with Crippen LogP contribution in [0.3, 0.4) is 0 Å². The molecular formula is C13H19N9O2. The number of ether oxygens (including phenoxy) is 1. The van der Waals surface area contributed by atoms with E-state index in [1.165, 1.54) is 6.33 Å². The van der Waals surface area contributed by atoms with E-state index in [1.54, 1.807) is 10.9 Å². The lowest BCUT2D eigenvalue weighted by Gasteiger charge is -2.32. The normalized spacial score (nSPS) is 28.0. The fraction of sp³-hybridized carbons (Fsp3) is 0.615. The molecule has 1 fully saturated rings. The number of nitrogen functional groups attached to an aromatic ring is 1. The van der Waals surface area contributed by atoms with Gasteiger partial charge in [0.1, 0.15) is 17.6 Å². The molecule has 0 radical (unpaired) electrons. The number of aliphatic hydroxyl groups is 1. The number of nitrogens with two attached hydrogens (primary N) is 2. The monoisotopic (exact) mass is 333 g/mol. The summed E-state index contributed by atoms with van der Waals surface area (Å²) >= 11 is 0. The van der Waals surface area contributed by atoms with E-state index in [1.807, 2.05) is 6.92 Å². The molecule has 1 aliphatic rings. The van der Waals surface area contributed by atoms with Crippen molar-refractivity contribution >= 4 is 17.0 Å². The molecule has 11 heteroatoms. The van der Waals surface area contributed by atoms with Gasteiger partial charge in [-0.05, 0) is 12.5 Å². The lowest BCUT2D eigenvalue weighted by molar-refractivity contribution is -0.116. The Kier molecular flexibility index (Phi) is 4.24. The van der Waals surface area contributed by atoms with Crippen LogP contribution in [-0.2, 0) is 10.5 Å². The van der Waals surface area contributed by atoms with Gasteiger partial charge in [0, 0.05) is 23.8 Å². The number of hydrogen-bond donors (Lipinski definition) is 3. The van der Waals surface area contributed by atoms with Gasteiger partial charge < -0.3 is 21.3 Å². The molecule has 3 rings (SSSR count). The third-order valence-electron chi connectivity index (χ3n) is 4.15. The van der Waals surface area contributed by atoms with Crippen LogP contribution in [0.1, 0.15) is 19.8 Å². The molecule has 2 aromatic rings. The number of nitrogens with zero attached hydrogens (tertiary/aromatic N) is 7. The highest BCUT2D eigenvalue weighted by molar-refractivity contribution is 5.81. The number of rotatable bonds is 5. The molecule has 1 aliphatic heterocycles. The molecule has 1 unspecified atom stereocenters. The van der Waals surface area contributed by atoms with Crippen LogP contribution in [0.15, 0.2) is 17.8 Å². The van der Waals surface area contributed by atoms with Crippen molar-refractivity contribution in [1.29, 1.82) is 0 Å². The zero-order valence-corrected chi connectivity index (χ0v) is 13.1. The van der Waals surface area contributed by atoms with Gasteiger partial charge in [0.05, 0.1) is 25.1 Å². The molecule has 3 heterocycles. The second kappa shape index (κ2) is 6.21. The summed E-state index contributed by atoms with van der Waals surface area (Å²) < 4.78 is 7.83. The summed E-state index contributed by atoms with van der Waals surface area (Å²) in [6.45, 7) is 1.58. The second-order valence-electron chi connectivity index (χ2n) is 5.99. The molecule has 1 saturated heterocycles. The smallest absolute Gasteiger partial charge is 0.167 e. The molecule has 24 heavy (non-hydrogen) atoms. The SMILES string of the molecule is CC(N)C[C@]1(n2cnc3c(N)ncnc32)C[C@H](N=[N+]=[N-])[C@@H](CO)O1. The second-order valence-corrected chi connectivity index (χ2v) is 5.99. The van der Waals surface area contributed by atoms with Crippen LogP contribution in [-0.4, -0.2) is 49.4 Å². The highest BCUT2D eigenvalue weighted by Gasteiger charge is 2.48. The van der Waals surface area contributed by atoms with Crippen LogP contribution in [0, 0.1) is 0 Å². The summed E-state index contributed by atoms with van der Waals surface area (Å²) in [5, 5.41) is 13.3. The number of imidazole rings is 1. The minimum absolute atomic E-state index is 0.203. The van der Waals surface area contributed by atoms with Gasteiger partial charge in [-0.3, -0.25) is 4.57 Å². The van der Waals surface area contributed by atoms with E-state index in [-0.39, 0.29) is 18.5 Å². The maximum absolute atomic E-state index is 9.57. The van der Waals surface area contributed by atoms with E-state index in [0.29, 0.717) is 24.0 Å². The van der Waals surface area contributed by atoms with Crippen molar-refractivity contribution < 1.29 is 9.84 Å². The van der Waals surface area contributed by atoms with E-state index < -0.39 is 17.9 Å². The van der Waals surface area contributed by atoms with Gasteiger partial charge in [-0.25, -0.2) is 15.0 Å². The average Bonchev–Trinajstić information content (AvgIpc) is 3.10. The summed E-state index contributed by atoms with van der Waals surface area (Å²) in [6.07, 6.45) is 3.05. The Morgan fingerprint density at radius 2 is 2.38 bits per heavy atom. The number of aliphatic hydroxyl groups excluding tert-OH is 1. The highest BCUT2D eigenvalue weighted by atomic mass is 16.5. The summed E-state index contributed by atoms with van der Waals surface area (Å²) in [5.74, 6) is 0.262. The largest absolute Gasteiger partial charge is 0.394 e. The fourth-order valence-electron chi connectivity index (χ4n) is 3.25. The number of anilines is 1. The van der Waals surface area contributed by atoms with Gasteiger partial charge in [0.25, 0.3) is 0 Å². The Bertz CT molecular complexity index is 785. The Morgan fingerprint density at radius 3 is 3.04 bits per heavy atom. The third-order valence-corrected chi connectivity index (χ3v) is 4.15. The zero-order chi connectivity index (χ0) is 17.3. The van der Waals surface area contributed by atoms with Gasteiger partial charge in [-0.1, -0.05) is 5.11 Å². The van der Waals surface area contributed by atoms with Crippen molar-refractivity contribution in [3.63, 3.8) is 0 Å². The van der Waals surface area contributed by atoms with Crippen LogP contribution in [0.5, 0.6) is 0 Å². The zero-order valence-electron chi connectivity index (χ0n) is 13.1. The van der Waals surface area contributed by atoms with E-state index in [9.17, 15) is 5.11 Å². The lowest BCUT2D eigenvalue weighted by atomic mass is 9.98. The number of hydrogen-bond acceptors (Lipinski definition) is 8. The first kappa shape index (κ1) is 16.4. The van der Waals surface area contributed by atoms with Crippen molar-refractivity contribution in [1.82, 2.24) is 19.5 Å². The molecule has 0 spiro atoms. The first-order valence-electron chi connectivity index (χ1n) is 7.53. The summed E-state index contributed by atoms with van der Waals surface area (Å²) in [7, 11) is 0. The first-order chi connectivity index (χ1) is 11.5. The van der Waals surface area contributed by atoms with E-state index >= 15 is 0 Å². The van der Waals surface area contributed by atoms with Crippen LogP contribution in [0.4, 0.5) is 5.82 Å². The van der Waals surface area contributed by atoms with E-state index in [2.05, 4.69) is 25.0 Å². The number of fused-ring (bicyclic) bond motifs is 1. The van der Waals surface area contributed by atoms with Crippen molar-refractivity contribution in [2.45, 2.75) is 43.7 Å². The molecule has 0 saturated carbocycles. The van der Waals surface area contributed by atoms with Gasteiger partial charge in [0.2, 0.25) is 0 Å². The van der Waals surface area contributed by atoms with E-state index in [4.69, 9.17) is 21.7 Å². The Hall–Kier alpha value is -2.46. The molecule has 11 nitrogen and oxygen atoms in total. The molecule has 0 bridgehead atoms. The number of azide groups is 1. The van der Waals surface area contributed by atoms with E-state index in [0.717, 1.165) is 0 Å². The molecule has 0 aliphatic carbocycles. The summed E-state index contributed by atoms with van der Waals surface area (Å²) in [6, 6.07) is -0.721. The van der Waals surface area contributed by atoms with Crippen LogP contribution in [0.25, 0.3) is 21.6 Å². The molecular weight excluding hydrogens is 314 g/mol. The third kappa shape index (κ3) is 2.63. The Balaban J connectivity index is 2.13. The minimum Gasteiger partial charge on any atom is -0.394 e. The fourth-order valence-corrected chi connectivity index (χ4v) is 3.25. The lowest BCUT2D eigenvalue weighted by Crippen LogP contribution is -2.39. The van der Waals surface area contributed by atoms with Gasteiger partial charge in [-0.2, -0.15) is 0 Å². The summed E-state index contributed by atoms with van der Waals surface area (Å²) in [4.78, 5) is 15.3. The van der Waals surface area contributed by atoms with Crippen molar-refractivity contribution in [2.24, 2.45) is 10.8 Å². The standard InChI is InChI=1S/C13H19N9O2/c1-7(14)2-13(3-8(20-21-16)9(4-23)24-13)22-6-19-10-11(15)17-5-18-12(10)22/h5-9,23H,2-4,14H2,1H3,(H2,15,17,18)/t7?,8-,9+,13+/m0/s1. The molecule has 5 N–H and O–H groups in total. The van der Waals surface area contributed by atoms with Gasteiger partial charge >= 0.3 is 0 Å². The Labute approximate surface area is 137 Å². The van der Waals surface area contributed by atoms with Crippen LogP contribution < -0.4 is 11.5 Å². The van der Waals surface area contributed by atoms with Crippen molar-refractivity contribution in [2.75, 3.05) is 12.3 Å². The Morgan fingerprint density at radius 1 is 1.58 bits per heavy atom. The van der Waals surface area contributed by atoms with Gasteiger partial charge in [0.15, 0.2) is 11.5 Å². The maximum Gasteiger partial charge on any atom is 0.167 e.